The summed E-state index contributed by atoms with van der Waals surface area (Å²) >= 11 is 5.92. The van der Waals surface area contributed by atoms with Crippen molar-refractivity contribution >= 4 is 17.6 Å². The molecule has 1 aliphatic carbocycles. The maximum Gasteiger partial charge on any atom is 0.308 e. The molecular formula is C14H17ClO3. The summed E-state index contributed by atoms with van der Waals surface area (Å²) in [6.07, 6.45) is 3.28. The molecule has 0 atom stereocenters. The van der Waals surface area contributed by atoms with E-state index in [2.05, 4.69) is 0 Å². The number of ether oxygens (including phenoxy) is 2. The fourth-order valence-electron chi connectivity index (χ4n) is 2.14. The summed E-state index contributed by atoms with van der Waals surface area (Å²) in [6, 6.07) is 7.58. The van der Waals surface area contributed by atoms with Gasteiger partial charge in [0.1, 0.15) is 0 Å². The van der Waals surface area contributed by atoms with Crippen molar-refractivity contribution in [1.82, 2.24) is 0 Å². The molecule has 1 aliphatic rings. The van der Waals surface area contributed by atoms with E-state index in [9.17, 15) is 4.79 Å². The minimum atomic E-state index is -0.324. The predicted octanol–water partition coefficient (Wildman–Crippen LogP) is 3.34. The van der Waals surface area contributed by atoms with Crippen LogP contribution in [0.15, 0.2) is 24.3 Å². The van der Waals surface area contributed by atoms with Crippen molar-refractivity contribution < 1.29 is 14.3 Å². The first-order chi connectivity index (χ1) is 8.63. The van der Waals surface area contributed by atoms with Gasteiger partial charge >= 0.3 is 5.97 Å². The lowest BCUT2D eigenvalue weighted by Gasteiger charge is -2.40. The van der Waals surface area contributed by atoms with Crippen LogP contribution < -0.4 is 0 Å². The third-order valence-electron chi connectivity index (χ3n) is 3.39. The molecule has 1 aromatic carbocycles. The van der Waals surface area contributed by atoms with Crippen LogP contribution in [-0.4, -0.2) is 18.7 Å². The Morgan fingerprint density at radius 1 is 1.44 bits per heavy atom. The SMILES string of the molecule is COC(=O)CC1(OCc2cccc(Cl)c2)CCC1. The molecule has 98 valence electrons. The quantitative estimate of drug-likeness (QED) is 0.769. The topological polar surface area (TPSA) is 35.5 Å². The summed E-state index contributed by atoms with van der Waals surface area (Å²) in [4.78, 5) is 11.4. The number of esters is 1. The zero-order valence-electron chi connectivity index (χ0n) is 10.4. The second-order valence-corrected chi connectivity index (χ2v) is 5.14. The van der Waals surface area contributed by atoms with Crippen LogP contribution in [0.2, 0.25) is 5.02 Å². The van der Waals surface area contributed by atoms with Crippen molar-refractivity contribution in [3.63, 3.8) is 0 Å². The molecule has 0 unspecified atom stereocenters. The highest BCUT2D eigenvalue weighted by Gasteiger charge is 2.40. The van der Waals surface area contributed by atoms with Gasteiger partial charge in [-0.15, -0.1) is 0 Å². The summed E-state index contributed by atoms with van der Waals surface area (Å²) in [7, 11) is 1.41. The van der Waals surface area contributed by atoms with Crippen molar-refractivity contribution in [2.45, 2.75) is 37.9 Å². The molecule has 4 heteroatoms. The fourth-order valence-corrected chi connectivity index (χ4v) is 2.35. The van der Waals surface area contributed by atoms with Crippen LogP contribution in [0, 0.1) is 0 Å². The highest BCUT2D eigenvalue weighted by molar-refractivity contribution is 6.30. The molecule has 0 aromatic heterocycles. The average molecular weight is 269 g/mol. The van der Waals surface area contributed by atoms with Crippen LogP contribution in [-0.2, 0) is 20.9 Å². The smallest absolute Gasteiger partial charge is 0.308 e. The molecular weight excluding hydrogens is 252 g/mol. The van der Waals surface area contributed by atoms with Gasteiger partial charge in [-0.2, -0.15) is 0 Å². The molecule has 2 rings (SSSR count). The van der Waals surface area contributed by atoms with E-state index in [1.165, 1.54) is 7.11 Å². The van der Waals surface area contributed by atoms with Crippen LogP contribution in [0.1, 0.15) is 31.2 Å². The van der Waals surface area contributed by atoms with E-state index in [0.29, 0.717) is 18.1 Å². The van der Waals surface area contributed by atoms with E-state index in [1.54, 1.807) is 0 Å². The van der Waals surface area contributed by atoms with Crippen LogP contribution >= 0.6 is 11.6 Å². The van der Waals surface area contributed by atoms with E-state index in [4.69, 9.17) is 21.1 Å². The number of hydrogen-bond acceptors (Lipinski definition) is 3. The third kappa shape index (κ3) is 3.24. The van der Waals surface area contributed by atoms with Gasteiger partial charge in [-0.25, -0.2) is 0 Å². The van der Waals surface area contributed by atoms with Gasteiger partial charge in [0.05, 0.1) is 25.7 Å². The first-order valence-electron chi connectivity index (χ1n) is 6.09. The van der Waals surface area contributed by atoms with E-state index < -0.39 is 0 Å². The molecule has 1 fully saturated rings. The standard InChI is InChI=1S/C14H17ClO3/c1-17-13(16)9-14(6-3-7-14)18-10-11-4-2-5-12(15)8-11/h2,4-5,8H,3,6-7,9-10H2,1H3. The number of hydrogen-bond donors (Lipinski definition) is 0. The number of benzene rings is 1. The molecule has 1 aromatic rings. The third-order valence-corrected chi connectivity index (χ3v) is 3.63. The van der Waals surface area contributed by atoms with Crippen LogP contribution in [0.3, 0.4) is 0 Å². The molecule has 0 saturated heterocycles. The van der Waals surface area contributed by atoms with E-state index in [0.717, 1.165) is 24.8 Å². The molecule has 0 spiro atoms. The Labute approximate surface area is 112 Å². The summed E-state index contributed by atoms with van der Waals surface area (Å²) in [5.41, 5.74) is 0.703. The Morgan fingerprint density at radius 3 is 2.78 bits per heavy atom. The second kappa shape index (κ2) is 5.72. The Kier molecular flexibility index (Phi) is 4.25. The lowest BCUT2D eigenvalue weighted by Crippen LogP contribution is -2.42. The predicted molar refractivity (Wildman–Crippen MR) is 69.5 cm³/mol. The molecule has 0 amide bonds. The summed E-state index contributed by atoms with van der Waals surface area (Å²) < 4.78 is 10.6. The lowest BCUT2D eigenvalue weighted by atomic mass is 9.77. The van der Waals surface area contributed by atoms with Gasteiger partial charge < -0.3 is 9.47 Å². The number of rotatable bonds is 5. The van der Waals surface area contributed by atoms with Gasteiger partial charge in [0, 0.05) is 5.02 Å². The molecule has 0 N–H and O–H groups in total. The first kappa shape index (κ1) is 13.4. The van der Waals surface area contributed by atoms with Gasteiger partial charge in [0.25, 0.3) is 0 Å². The zero-order valence-corrected chi connectivity index (χ0v) is 11.2. The van der Waals surface area contributed by atoms with Gasteiger partial charge in [-0.05, 0) is 37.0 Å². The zero-order chi connectivity index (χ0) is 13.0. The van der Waals surface area contributed by atoms with Crippen molar-refractivity contribution in [2.75, 3.05) is 7.11 Å². The summed E-state index contributed by atoms with van der Waals surface area (Å²) in [5.74, 6) is -0.208. The van der Waals surface area contributed by atoms with Crippen molar-refractivity contribution in [3.05, 3.63) is 34.9 Å². The van der Waals surface area contributed by atoms with Gasteiger partial charge in [-0.3, -0.25) is 4.79 Å². The second-order valence-electron chi connectivity index (χ2n) is 4.71. The van der Waals surface area contributed by atoms with Gasteiger partial charge in [0.15, 0.2) is 0 Å². The molecule has 1 saturated carbocycles. The number of halogens is 1. The van der Waals surface area contributed by atoms with Crippen LogP contribution in [0.25, 0.3) is 0 Å². The Morgan fingerprint density at radius 2 is 2.22 bits per heavy atom. The summed E-state index contributed by atoms with van der Waals surface area (Å²) in [6.45, 7) is 0.484. The molecule has 0 heterocycles. The van der Waals surface area contributed by atoms with Crippen LogP contribution in [0.5, 0.6) is 0 Å². The van der Waals surface area contributed by atoms with E-state index >= 15 is 0 Å². The van der Waals surface area contributed by atoms with Crippen molar-refractivity contribution in [2.24, 2.45) is 0 Å². The van der Waals surface area contributed by atoms with E-state index in [1.807, 2.05) is 24.3 Å². The Balaban J connectivity index is 1.93. The normalized spacial score (nSPS) is 17.0. The van der Waals surface area contributed by atoms with Crippen molar-refractivity contribution in [3.8, 4) is 0 Å². The van der Waals surface area contributed by atoms with Gasteiger partial charge in [-0.1, -0.05) is 23.7 Å². The highest BCUT2D eigenvalue weighted by atomic mass is 35.5. The number of methoxy groups -OCH3 is 1. The monoisotopic (exact) mass is 268 g/mol. The maximum absolute atomic E-state index is 11.4. The molecule has 0 radical (unpaired) electrons. The molecule has 3 nitrogen and oxygen atoms in total. The van der Waals surface area contributed by atoms with Crippen molar-refractivity contribution in [1.29, 1.82) is 0 Å². The summed E-state index contributed by atoms with van der Waals surface area (Å²) in [5, 5.41) is 0.701. The lowest BCUT2D eigenvalue weighted by molar-refractivity contribution is -0.159. The van der Waals surface area contributed by atoms with Crippen LogP contribution in [0.4, 0.5) is 0 Å². The Hall–Kier alpha value is -1.06. The van der Waals surface area contributed by atoms with E-state index in [-0.39, 0.29) is 11.6 Å². The fraction of sp³-hybridized carbons (Fsp3) is 0.500. The minimum Gasteiger partial charge on any atom is -0.469 e. The molecule has 0 bridgehead atoms. The highest BCUT2D eigenvalue weighted by Crippen LogP contribution is 2.39. The number of carbonyl (C=O) groups excluding carboxylic acids is 1. The molecule has 18 heavy (non-hydrogen) atoms. The largest absolute Gasteiger partial charge is 0.469 e. The number of carbonyl (C=O) groups is 1. The maximum atomic E-state index is 11.4. The first-order valence-corrected chi connectivity index (χ1v) is 6.47. The Bertz CT molecular complexity index is 427. The minimum absolute atomic E-state index is 0.208. The molecule has 0 aliphatic heterocycles. The average Bonchev–Trinajstić information content (AvgIpc) is 2.32. The van der Waals surface area contributed by atoms with Gasteiger partial charge in [0.2, 0.25) is 0 Å².